The second-order valence-electron chi connectivity index (χ2n) is 7.40. The summed E-state index contributed by atoms with van der Waals surface area (Å²) in [5, 5.41) is 6.20. The second kappa shape index (κ2) is 8.45. The van der Waals surface area contributed by atoms with Gasteiger partial charge in [-0.15, -0.1) is 0 Å². The number of hydrogen-bond acceptors (Lipinski definition) is 5. The van der Waals surface area contributed by atoms with Crippen molar-refractivity contribution in [1.82, 2.24) is 10.8 Å². The minimum atomic E-state index is -0.200. The van der Waals surface area contributed by atoms with Gasteiger partial charge in [-0.2, -0.15) is 0 Å². The van der Waals surface area contributed by atoms with E-state index in [0.29, 0.717) is 5.56 Å². The number of amidine groups is 1. The molecular formula is C25H22N4O2. The molecule has 3 N–H and O–H groups in total. The highest BCUT2D eigenvalue weighted by molar-refractivity contribution is 6.04. The van der Waals surface area contributed by atoms with Gasteiger partial charge in [-0.25, -0.2) is 0 Å². The summed E-state index contributed by atoms with van der Waals surface area (Å²) in [6, 6.07) is 25.1. The highest BCUT2D eigenvalue weighted by atomic mass is 16.7. The number of nitrogens with one attached hydrogen (secondary N) is 3. The van der Waals surface area contributed by atoms with Crippen LogP contribution in [0.15, 0.2) is 89.9 Å². The number of aliphatic imine (C=N–C) groups is 1. The van der Waals surface area contributed by atoms with Crippen LogP contribution in [0, 0.1) is 0 Å². The highest BCUT2D eigenvalue weighted by Crippen LogP contribution is 2.29. The summed E-state index contributed by atoms with van der Waals surface area (Å²) in [6.07, 6.45) is 1.85. The standard InChI is InChI=1S/C25H22N4O2/c30-25(20-4-2-1-3-5-20)28-21-12-10-18(11-13-21)23-16-22(29-31-23)17-6-8-19(9-7-17)24-26-14-15-27-24/h1-13,16,23,29H,14-15H2,(H,26,27)(H,28,30). The Balaban J connectivity index is 1.25. The largest absolute Gasteiger partial charge is 0.368 e. The zero-order valence-electron chi connectivity index (χ0n) is 16.8. The van der Waals surface area contributed by atoms with E-state index >= 15 is 0 Å². The van der Waals surface area contributed by atoms with Crippen LogP contribution >= 0.6 is 0 Å². The predicted octanol–water partition coefficient (Wildman–Crippen LogP) is 3.91. The first-order valence-corrected chi connectivity index (χ1v) is 10.3. The minimum absolute atomic E-state index is 0.128. The van der Waals surface area contributed by atoms with Crippen LogP contribution in [-0.4, -0.2) is 24.8 Å². The van der Waals surface area contributed by atoms with Gasteiger partial charge in [-0.05, 0) is 41.5 Å². The summed E-state index contributed by atoms with van der Waals surface area (Å²) in [4.78, 5) is 22.5. The average Bonchev–Trinajstić information content (AvgIpc) is 3.53. The Labute approximate surface area is 180 Å². The van der Waals surface area contributed by atoms with E-state index < -0.39 is 0 Å². The van der Waals surface area contributed by atoms with Gasteiger partial charge in [0, 0.05) is 23.4 Å². The summed E-state index contributed by atoms with van der Waals surface area (Å²) in [5.74, 6) is 0.824. The first kappa shape index (κ1) is 19.1. The fourth-order valence-corrected chi connectivity index (χ4v) is 3.61. The van der Waals surface area contributed by atoms with Crippen LogP contribution in [0.25, 0.3) is 5.70 Å². The Bertz CT molecular complexity index is 1140. The van der Waals surface area contributed by atoms with E-state index in [2.05, 4.69) is 51.4 Å². The Hall–Kier alpha value is -3.90. The average molecular weight is 410 g/mol. The van der Waals surface area contributed by atoms with Crippen molar-refractivity contribution < 1.29 is 9.63 Å². The zero-order valence-corrected chi connectivity index (χ0v) is 16.8. The number of anilines is 1. The van der Waals surface area contributed by atoms with Crippen LogP contribution in [0.1, 0.15) is 33.2 Å². The SMILES string of the molecule is O=C(Nc1ccc(C2C=C(c3ccc(C4=NCCN4)cc3)NO2)cc1)c1ccccc1. The third kappa shape index (κ3) is 4.20. The van der Waals surface area contributed by atoms with Gasteiger partial charge in [0.15, 0.2) is 0 Å². The lowest BCUT2D eigenvalue weighted by Crippen LogP contribution is -2.19. The molecule has 0 saturated carbocycles. The maximum absolute atomic E-state index is 12.3. The number of hydroxylamine groups is 1. The van der Waals surface area contributed by atoms with E-state index in [1.165, 1.54) is 0 Å². The third-order valence-electron chi connectivity index (χ3n) is 5.29. The van der Waals surface area contributed by atoms with Crippen molar-refractivity contribution in [2.75, 3.05) is 18.4 Å². The van der Waals surface area contributed by atoms with Gasteiger partial charge in [0.25, 0.3) is 5.91 Å². The van der Waals surface area contributed by atoms with Crippen molar-refractivity contribution in [1.29, 1.82) is 0 Å². The van der Waals surface area contributed by atoms with Crippen LogP contribution in [-0.2, 0) is 4.84 Å². The highest BCUT2D eigenvalue weighted by Gasteiger charge is 2.20. The molecule has 154 valence electrons. The number of carbonyl (C=O) groups is 1. The summed E-state index contributed by atoms with van der Waals surface area (Å²) in [7, 11) is 0. The number of hydrogen-bond donors (Lipinski definition) is 3. The number of carbonyl (C=O) groups excluding carboxylic acids is 1. The van der Waals surface area contributed by atoms with Gasteiger partial charge in [-0.3, -0.25) is 20.1 Å². The Kier molecular flexibility index (Phi) is 5.21. The molecule has 0 aromatic heterocycles. The topological polar surface area (TPSA) is 74.8 Å². The molecule has 0 spiro atoms. The lowest BCUT2D eigenvalue weighted by molar-refractivity contribution is 0.0511. The summed E-state index contributed by atoms with van der Waals surface area (Å²) in [5.41, 5.74) is 8.47. The molecule has 31 heavy (non-hydrogen) atoms. The summed E-state index contributed by atoms with van der Waals surface area (Å²) < 4.78 is 0. The van der Waals surface area contributed by atoms with Gasteiger partial charge < -0.3 is 10.6 Å². The molecule has 3 aromatic rings. The first-order valence-electron chi connectivity index (χ1n) is 10.3. The number of benzene rings is 3. The van der Waals surface area contributed by atoms with Crippen LogP contribution in [0.2, 0.25) is 0 Å². The number of rotatable bonds is 5. The fourth-order valence-electron chi connectivity index (χ4n) is 3.61. The molecule has 1 amide bonds. The maximum atomic E-state index is 12.3. The molecule has 2 aliphatic heterocycles. The van der Waals surface area contributed by atoms with Crippen molar-refractivity contribution in [3.63, 3.8) is 0 Å². The van der Waals surface area contributed by atoms with E-state index in [1.54, 1.807) is 12.1 Å². The second-order valence-corrected chi connectivity index (χ2v) is 7.40. The smallest absolute Gasteiger partial charge is 0.255 e. The first-order chi connectivity index (χ1) is 15.3. The molecule has 2 heterocycles. The summed E-state index contributed by atoms with van der Waals surface area (Å²) in [6.45, 7) is 1.72. The fraction of sp³-hybridized carbons (Fsp3) is 0.120. The van der Waals surface area contributed by atoms with Gasteiger partial charge in [0.1, 0.15) is 11.9 Å². The van der Waals surface area contributed by atoms with Crippen molar-refractivity contribution in [3.05, 3.63) is 107 Å². The van der Waals surface area contributed by atoms with Gasteiger partial charge >= 0.3 is 0 Å². The molecule has 0 radical (unpaired) electrons. The monoisotopic (exact) mass is 410 g/mol. The minimum Gasteiger partial charge on any atom is -0.368 e. The molecule has 0 aliphatic carbocycles. The molecule has 6 nitrogen and oxygen atoms in total. The lowest BCUT2D eigenvalue weighted by atomic mass is 10.0. The van der Waals surface area contributed by atoms with E-state index in [-0.39, 0.29) is 12.0 Å². The summed E-state index contributed by atoms with van der Waals surface area (Å²) >= 11 is 0. The van der Waals surface area contributed by atoms with Gasteiger partial charge in [0.05, 0.1) is 12.2 Å². The molecule has 2 aliphatic rings. The van der Waals surface area contributed by atoms with Gasteiger partial charge in [-0.1, -0.05) is 54.6 Å². The van der Waals surface area contributed by atoms with Crippen LogP contribution in [0.3, 0.4) is 0 Å². The van der Waals surface area contributed by atoms with Crippen molar-refractivity contribution in [2.45, 2.75) is 6.10 Å². The molecule has 0 saturated heterocycles. The Morgan fingerprint density at radius 1 is 0.935 bits per heavy atom. The third-order valence-corrected chi connectivity index (χ3v) is 5.29. The number of amides is 1. The van der Waals surface area contributed by atoms with Crippen molar-refractivity contribution in [2.24, 2.45) is 4.99 Å². The van der Waals surface area contributed by atoms with Crippen LogP contribution in [0.5, 0.6) is 0 Å². The molecule has 0 bridgehead atoms. The molecule has 5 rings (SSSR count). The van der Waals surface area contributed by atoms with Crippen LogP contribution < -0.4 is 16.1 Å². The van der Waals surface area contributed by atoms with Crippen LogP contribution in [0.4, 0.5) is 5.69 Å². The van der Waals surface area contributed by atoms with Gasteiger partial charge in [0.2, 0.25) is 0 Å². The molecule has 1 unspecified atom stereocenters. The molecule has 3 aromatic carbocycles. The van der Waals surface area contributed by atoms with E-state index in [0.717, 1.165) is 47.0 Å². The van der Waals surface area contributed by atoms with E-state index in [1.807, 2.05) is 42.5 Å². The van der Waals surface area contributed by atoms with E-state index in [4.69, 9.17) is 4.84 Å². The maximum Gasteiger partial charge on any atom is 0.255 e. The molecule has 1 atom stereocenters. The Morgan fingerprint density at radius 3 is 2.39 bits per heavy atom. The quantitative estimate of drug-likeness (QED) is 0.596. The molecular weight excluding hydrogens is 388 g/mol. The Morgan fingerprint density at radius 2 is 1.68 bits per heavy atom. The normalized spacial score (nSPS) is 17.4. The van der Waals surface area contributed by atoms with Crippen molar-refractivity contribution in [3.8, 4) is 0 Å². The zero-order chi connectivity index (χ0) is 21.0. The molecule has 0 fully saturated rings. The number of nitrogens with zero attached hydrogens (tertiary/aromatic N) is 1. The van der Waals surface area contributed by atoms with E-state index in [9.17, 15) is 4.79 Å². The molecule has 6 heteroatoms. The van der Waals surface area contributed by atoms with Crippen molar-refractivity contribution >= 4 is 23.1 Å². The predicted molar refractivity (Wildman–Crippen MR) is 122 cm³/mol. The lowest BCUT2D eigenvalue weighted by Gasteiger charge is -2.10.